The molecule has 0 spiro atoms. The fourth-order valence-electron chi connectivity index (χ4n) is 8.73. The topological polar surface area (TPSA) is 131 Å². The summed E-state index contributed by atoms with van der Waals surface area (Å²) in [5.74, 6) is 2.28. The van der Waals surface area contributed by atoms with Gasteiger partial charge in [0.2, 0.25) is 0 Å². The maximum atomic E-state index is 13.0. The molecule has 3 heterocycles. The summed E-state index contributed by atoms with van der Waals surface area (Å²) in [7, 11) is 3.42. The Morgan fingerprint density at radius 3 is 2.12 bits per heavy atom. The number of carbonyl (C=O) groups excluding carboxylic acids is 1. The van der Waals surface area contributed by atoms with Gasteiger partial charge in [-0.05, 0) is 72.9 Å². The number of hydrogen-bond acceptors (Lipinski definition) is 11. The van der Waals surface area contributed by atoms with Crippen LogP contribution in [0, 0.1) is 10.1 Å². The number of carbonyl (C=O) groups is 1. The fraction of sp³-hybridized carbons (Fsp3) is 0.391. The lowest BCUT2D eigenvalue weighted by Crippen LogP contribution is -2.49. The molecule has 2 unspecified atom stereocenters. The number of anilines is 2. The molecule has 310 valence electrons. The molecule has 4 aromatic carbocycles. The van der Waals surface area contributed by atoms with Crippen molar-refractivity contribution in [2.45, 2.75) is 37.6 Å². The van der Waals surface area contributed by atoms with Crippen molar-refractivity contribution >= 4 is 49.7 Å². The van der Waals surface area contributed by atoms with Crippen LogP contribution in [0.2, 0.25) is 0 Å². The Balaban J connectivity index is 0.000000179. The number of halogens is 1. The molecule has 12 nitrogen and oxygen atoms in total. The lowest BCUT2D eigenvalue weighted by molar-refractivity contribution is -0.384. The summed E-state index contributed by atoms with van der Waals surface area (Å²) in [6, 6.07) is 31.1. The molecule has 59 heavy (non-hydrogen) atoms. The van der Waals surface area contributed by atoms with Crippen molar-refractivity contribution in [2.75, 3.05) is 89.5 Å². The Labute approximate surface area is 355 Å². The van der Waals surface area contributed by atoms with Gasteiger partial charge in [-0.1, -0.05) is 58.4 Å². The highest BCUT2D eigenvalue weighted by Gasteiger charge is 2.29. The zero-order valence-corrected chi connectivity index (χ0v) is 35.6. The number of para-hydroxylation sites is 4. The van der Waals surface area contributed by atoms with Crippen LogP contribution in [0.25, 0.3) is 10.9 Å². The molecule has 0 amide bonds. The number of non-ortho nitro benzene ring substituents is 1. The van der Waals surface area contributed by atoms with Gasteiger partial charge in [0.05, 0.1) is 47.8 Å². The maximum Gasteiger partial charge on any atom is 0.270 e. The summed E-state index contributed by atoms with van der Waals surface area (Å²) in [5, 5.41) is 11.7. The molecule has 13 heteroatoms. The van der Waals surface area contributed by atoms with E-state index < -0.39 is 4.92 Å². The Morgan fingerprint density at radius 2 is 1.49 bits per heavy atom. The highest BCUT2D eigenvalue weighted by atomic mass is 79.9. The van der Waals surface area contributed by atoms with Crippen LogP contribution in [-0.4, -0.2) is 105 Å². The van der Waals surface area contributed by atoms with Crippen LogP contribution in [0.1, 0.15) is 48.0 Å². The van der Waals surface area contributed by atoms with E-state index in [2.05, 4.69) is 71.9 Å². The monoisotopic (exact) mass is 863 g/mol. The van der Waals surface area contributed by atoms with Crippen LogP contribution < -0.4 is 25.0 Å². The lowest BCUT2D eigenvalue weighted by atomic mass is 9.80. The normalized spacial score (nSPS) is 17.7. The number of nitrogens with zero attached hydrogens (tertiary/aromatic N) is 6. The summed E-state index contributed by atoms with van der Waals surface area (Å²) < 4.78 is 12.2. The second-order valence-electron chi connectivity index (χ2n) is 15.3. The summed E-state index contributed by atoms with van der Waals surface area (Å²) in [4.78, 5) is 37.9. The summed E-state index contributed by atoms with van der Waals surface area (Å²) in [6.45, 7) is 8.68. The molecule has 2 saturated heterocycles. The molecule has 1 aromatic heterocycles. The van der Waals surface area contributed by atoms with Crippen molar-refractivity contribution in [3.05, 3.63) is 128 Å². The standard InChI is InChI=1S/C24H29BrN2O2.C22H25N5O3/c1-29-24-11-3-2-10-22(24)27-16-14-26(15-17-27)13-12-23(28)20-8-4-7-19-18(20)6-5-9-21(19)25;1-30-22-5-3-2-4-20(22)25-10-12-26(13-11-25)21(15-23)19-8-6-16-14-17(27(28)29)7-9-18(16)24-19/h2-3,5-6,9-11,20H,4,7-8,12-17H2,1H3;2-9,14,21H,10-13,15,23H2,1H3. The Hall–Kier alpha value is -5.08. The number of Topliss-reactive ketones (excluding diaryl/α,β-unsaturated/α-hetero) is 1. The lowest BCUT2D eigenvalue weighted by Gasteiger charge is -2.40. The first-order chi connectivity index (χ1) is 28.8. The van der Waals surface area contributed by atoms with Crippen LogP contribution in [0.3, 0.4) is 0 Å². The van der Waals surface area contributed by atoms with Crippen molar-refractivity contribution in [2.24, 2.45) is 5.73 Å². The third kappa shape index (κ3) is 9.87. The Morgan fingerprint density at radius 1 is 0.847 bits per heavy atom. The van der Waals surface area contributed by atoms with Gasteiger partial charge in [0.1, 0.15) is 17.3 Å². The van der Waals surface area contributed by atoms with Crippen LogP contribution in [0.5, 0.6) is 11.5 Å². The van der Waals surface area contributed by atoms with Crippen molar-refractivity contribution in [1.82, 2.24) is 14.8 Å². The fourth-order valence-corrected chi connectivity index (χ4v) is 9.31. The van der Waals surface area contributed by atoms with E-state index in [1.165, 1.54) is 17.2 Å². The highest BCUT2D eigenvalue weighted by molar-refractivity contribution is 9.10. The van der Waals surface area contributed by atoms with Crippen LogP contribution in [0.4, 0.5) is 17.1 Å². The zero-order valence-electron chi connectivity index (χ0n) is 34.0. The molecule has 2 aliphatic heterocycles. The third-order valence-corrected chi connectivity index (χ3v) is 12.7. The molecule has 2 N–H and O–H groups in total. The molecule has 0 bridgehead atoms. The van der Waals surface area contributed by atoms with E-state index in [4.69, 9.17) is 20.2 Å². The van der Waals surface area contributed by atoms with Gasteiger partial charge in [-0.2, -0.15) is 0 Å². The largest absolute Gasteiger partial charge is 0.495 e. The van der Waals surface area contributed by atoms with E-state index in [1.54, 1.807) is 26.4 Å². The van der Waals surface area contributed by atoms with E-state index in [0.29, 0.717) is 18.7 Å². The first-order valence-electron chi connectivity index (χ1n) is 20.6. The van der Waals surface area contributed by atoms with Crippen molar-refractivity contribution in [3.63, 3.8) is 0 Å². The van der Waals surface area contributed by atoms with Crippen LogP contribution >= 0.6 is 15.9 Å². The molecule has 2 fully saturated rings. The second kappa shape index (κ2) is 19.8. The minimum absolute atomic E-state index is 0.00408. The first kappa shape index (κ1) is 42.1. The molecule has 2 atom stereocenters. The average Bonchev–Trinajstić information content (AvgIpc) is 3.28. The minimum atomic E-state index is -0.392. The van der Waals surface area contributed by atoms with E-state index in [-0.39, 0.29) is 17.6 Å². The number of hydrogen-bond donors (Lipinski definition) is 1. The quantitative estimate of drug-likeness (QED) is 0.0982. The molecule has 3 aliphatic rings. The molecule has 5 aromatic rings. The smallest absolute Gasteiger partial charge is 0.270 e. The third-order valence-electron chi connectivity index (χ3n) is 12.0. The van der Waals surface area contributed by atoms with Gasteiger partial charge >= 0.3 is 0 Å². The molecule has 1 aliphatic carbocycles. The van der Waals surface area contributed by atoms with Gasteiger partial charge in [0.15, 0.2) is 0 Å². The number of fused-ring (bicyclic) bond motifs is 2. The van der Waals surface area contributed by atoms with Crippen molar-refractivity contribution in [1.29, 1.82) is 0 Å². The van der Waals surface area contributed by atoms with Crippen LogP contribution in [-0.2, 0) is 11.2 Å². The minimum Gasteiger partial charge on any atom is -0.495 e. The maximum absolute atomic E-state index is 13.0. The molecular formula is C46H54BrN7O5. The number of nitro benzene ring substituents is 1. The summed E-state index contributed by atoms with van der Waals surface area (Å²) in [5.41, 5.74) is 12.7. The van der Waals surface area contributed by atoms with E-state index >= 15 is 0 Å². The predicted octanol–water partition coefficient (Wildman–Crippen LogP) is 7.63. The molecule has 0 saturated carbocycles. The van der Waals surface area contributed by atoms with Gasteiger partial charge < -0.3 is 25.0 Å². The number of benzene rings is 4. The number of ether oxygens (including phenoxy) is 2. The number of methoxy groups -OCH3 is 2. The van der Waals surface area contributed by atoms with E-state index in [9.17, 15) is 14.9 Å². The number of pyridine rings is 1. The number of piperazine rings is 2. The number of rotatable bonds is 12. The number of nitro groups is 1. The van der Waals surface area contributed by atoms with Gasteiger partial charge in [-0.25, -0.2) is 0 Å². The summed E-state index contributed by atoms with van der Waals surface area (Å²) in [6.07, 6.45) is 3.81. The molecular weight excluding hydrogens is 810 g/mol. The van der Waals surface area contributed by atoms with Crippen molar-refractivity contribution < 1.29 is 19.2 Å². The van der Waals surface area contributed by atoms with Crippen LogP contribution in [0.15, 0.2) is 102 Å². The Bertz CT molecular complexity index is 2220. The van der Waals surface area contributed by atoms with Gasteiger partial charge in [0, 0.05) is 99.8 Å². The zero-order chi connectivity index (χ0) is 41.3. The highest BCUT2D eigenvalue weighted by Crippen LogP contribution is 2.37. The molecule has 8 rings (SSSR count). The van der Waals surface area contributed by atoms with Crippen molar-refractivity contribution in [3.8, 4) is 11.5 Å². The number of aromatic nitrogens is 1. The van der Waals surface area contributed by atoms with Gasteiger partial charge in [-0.15, -0.1) is 0 Å². The first-order valence-corrected chi connectivity index (χ1v) is 21.3. The predicted molar refractivity (Wildman–Crippen MR) is 238 cm³/mol. The van der Waals surface area contributed by atoms with Gasteiger partial charge in [-0.3, -0.25) is 29.7 Å². The van der Waals surface area contributed by atoms with E-state index in [1.807, 2.05) is 42.5 Å². The average molecular weight is 865 g/mol. The SMILES string of the molecule is COc1ccccc1N1CCN(C(CN)c2ccc3cc([N+](=O)[O-])ccc3n2)CC1.COc1ccccc1N1CCN(CCC(=O)C2CCCc3c(Br)cccc32)CC1. The van der Waals surface area contributed by atoms with E-state index in [0.717, 1.165) is 122 Å². The Kier molecular flexibility index (Phi) is 14.1. The summed E-state index contributed by atoms with van der Waals surface area (Å²) >= 11 is 3.66. The van der Waals surface area contributed by atoms with Gasteiger partial charge in [0.25, 0.3) is 5.69 Å². The number of nitrogens with two attached hydrogens (primary N) is 1. The molecule has 0 radical (unpaired) electrons. The second-order valence-corrected chi connectivity index (χ2v) is 16.1. The number of ketones is 1.